The average Bonchev–Trinajstić information content (AvgIpc) is 3.07. The smallest absolute Gasteiger partial charge is 0.250 e. The normalized spacial score (nSPS) is 21.9. The fourth-order valence-electron chi connectivity index (χ4n) is 2.80. The third-order valence-electron chi connectivity index (χ3n) is 3.96. The molecule has 1 saturated heterocycles. The van der Waals surface area contributed by atoms with E-state index in [4.69, 9.17) is 9.57 Å². The minimum atomic E-state index is -0.420. The van der Waals surface area contributed by atoms with E-state index < -0.39 is 6.04 Å². The number of hydrogen-bond donors (Lipinski definition) is 1. The summed E-state index contributed by atoms with van der Waals surface area (Å²) in [4.78, 5) is 31.6. The molecule has 8 heteroatoms. The van der Waals surface area contributed by atoms with Gasteiger partial charge >= 0.3 is 0 Å². The number of piperidine rings is 1. The van der Waals surface area contributed by atoms with Gasteiger partial charge in [0, 0.05) is 31.5 Å². The summed E-state index contributed by atoms with van der Waals surface area (Å²) in [5.74, 6) is 0.457. The molecule has 1 aromatic rings. The van der Waals surface area contributed by atoms with E-state index in [1.807, 2.05) is 12.4 Å². The Hall–Kier alpha value is -1.64. The molecule has 0 aliphatic carbocycles. The van der Waals surface area contributed by atoms with Crippen LogP contribution in [0.3, 0.4) is 0 Å². The Balaban J connectivity index is 1.72. The molecule has 0 aromatic carbocycles. The maximum absolute atomic E-state index is 12.6. The van der Waals surface area contributed by atoms with Gasteiger partial charge in [-0.2, -0.15) is 0 Å². The minimum absolute atomic E-state index is 0.136. The van der Waals surface area contributed by atoms with Crippen LogP contribution < -0.4 is 10.2 Å². The lowest BCUT2D eigenvalue weighted by Crippen LogP contribution is -2.55. The number of carbonyl (C=O) groups excluding carboxylic acids is 2. The first-order valence-electron chi connectivity index (χ1n) is 7.21. The van der Waals surface area contributed by atoms with Gasteiger partial charge in [0.1, 0.15) is 6.04 Å². The first-order valence-corrected chi connectivity index (χ1v) is 8.09. The fraction of sp³-hybridized carbons (Fsp3) is 0.571. The van der Waals surface area contributed by atoms with Gasteiger partial charge in [-0.25, -0.2) is 0 Å². The first kappa shape index (κ1) is 15.3. The van der Waals surface area contributed by atoms with E-state index in [-0.39, 0.29) is 11.8 Å². The maximum Gasteiger partial charge on any atom is 0.250 e. The Labute approximate surface area is 132 Å². The van der Waals surface area contributed by atoms with Crippen LogP contribution in [-0.2, 0) is 20.9 Å². The van der Waals surface area contributed by atoms with E-state index in [0.717, 1.165) is 16.3 Å². The Kier molecular flexibility index (Phi) is 4.32. The van der Waals surface area contributed by atoms with Gasteiger partial charge in [-0.05, 0) is 6.42 Å². The molecule has 2 aliphatic heterocycles. The number of imide groups is 1. The highest BCUT2D eigenvalue weighted by Gasteiger charge is 2.41. The van der Waals surface area contributed by atoms with E-state index in [1.165, 1.54) is 4.90 Å². The summed E-state index contributed by atoms with van der Waals surface area (Å²) >= 11 is 1.58. The van der Waals surface area contributed by atoms with Gasteiger partial charge in [-0.1, -0.05) is 0 Å². The van der Waals surface area contributed by atoms with E-state index in [1.54, 1.807) is 23.5 Å². The van der Waals surface area contributed by atoms with E-state index >= 15 is 0 Å². The van der Waals surface area contributed by atoms with Crippen molar-refractivity contribution in [3.8, 4) is 5.75 Å². The van der Waals surface area contributed by atoms with Gasteiger partial charge in [-0.3, -0.25) is 14.5 Å². The van der Waals surface area contributed by atoms with Crippen LogP contribution in [0.5, 0.6) is 5.75 Å². The Morgan fingerprint density at radius 1 is 1.50 bits per heavy atom. The Bertz CT molecular complexity index is 589. The third kappa shape index (κ3) is 2.57. The molecule has 0 bridgehead atoms. The highest BCUT2D eigenvalue weighted by molar-refractivity contribution is 7.14. The van der Waals surface area contributed by atoms with Crippen LogP contribution in [0.2, 0.25) is 0 Å². The molecule has 1 N–H and O–H groups in total. The molecular formula is C14H19N3O4S. The maximum atomic E-state index is 12.6. The zero-order valence-electron chi connectivity index (χ0n) is 12.6. The zero-order valence-corrected chi connectivity index (χ0v) is 13.4. The molecule has 120 valence electrons. The second-order valence-electron chi connectivity index (χ2n) is 5.26. The monoisotopic (exact) mass is 325 g/mol. The van der Waals surface area contributed by atoms with Crippen molar-refractivity contribution in [3.63, 3.8) is 0 Å². The molecule has 2 aliphatic rings. The number of thiophene rings is 1. The Morgan fingerprint density at radius 2 is 2.32 bits per heavy atom. The number of hydroxylamine groups is 2. The summed E-state index contributed by atoms with van der Waals surface area (Å²) in [5.41, 5.74) is 1.07. The number of nitrogens with one attached hydrogen (secondary N) is 1. The van der Waals surface area contributed by atoms with Crippen molar-refractivity contribution < 1.29 is 19.2 Å². The summed E-state index contributed by atoms with van der Waals surface area (Å²) in [5, 5.41) is 7.80. The molecular weight excluding hydrogens is 306 g/mol. The molecule has 0 spiro atoms. The average molecular weight is 325 g/mol. The lowest BCUT2D eigenvalue weighted by molar-refractivity contribution is -0.165. The number of amides is 2. The van der Waals surface area contributed by atoms with Crippen molar-refractivity contribution in [1.82, 2.24) is 9.96 Å². The lowest BCUT2D eigenvalue weighted by Gasteiger charge is -2.34. The molecule has 0 saturated carbocycles. The van der Waals surface area contributed by atoms with Crippen LogP contribution in [0.1, 0.15) is 18.4 Å². The number of nitrogens with zero attached hydrogens (tertiary/aromatic N) is 2. The Morgan fingerprint density at radius 3 is 3.05 bits per heavy atom. The number of likely N-dealkylation sites (tertiary alicyclic amines) is 1. The van der Waals surface area contributed by atoms with Crippen LogP contribution in [0.15, 0.2) is 5.38 Å². The van der Waals surface area contributed by atoms with Gasteiger partial charge in [0.15, 0.2) is 5.75 Å². The summed E-state index contributed by atoms with van der Waals surface area (Å²) in [7, 11) is 3.42. The molecule has 1 fully saturated rings. The number of methoxy groups -OCH3 is 1. The minimum Gasteiger partial charge on any atom is -0.404 e. The van der Waals surface area contributed by atoms with Crippen molar-refractivity contribution in [1.29, 1.82) is 0 Å². The summed E-state index contributed by atoms with van der Waals surface area (Å²) < 4.78 is 4.97. The van der Waals surface area contributed by atoms with Gasteiger partial charge in [0.2, 0.25) is 11.8 Å². The van der Waals surface area contributed by atoms with Crippen LogP contribution >= 0.6 is 11.3 Å². The number of carbonyl (C=O) groups is 2. The number of fused-ring (bicyclic) bond motifs is 1. The van der Waals surface area contributed by atoms with Gasteiger partial charge in [0.05, 0.1) is 24.7 Å². The predicted molar refractivity (Wildman–Crippen MR) is 81.7 cm³/mol. The number of rotatable bonds is 5. The molecule has 3 rings (SSSR count). The number of hydrogen-bond acceptors (Lipinski definition) is 7. The van der Waals surface area contributed by atoms with Crippen LogP contribution in [-0.4, -0.2) is 55.1 Å². The largest absolute Gasteiger partial charge is 0.404 e. The van der Waals surface area contributed by atoms with E-state index in [9.17, 15) is 9.59 Å². The highest BCUT2D eigenvalue weighted by Crippen LogP contribution is 2.41. The second-order valence-corrected chi connectivity index (χ2v) is 6.13. The molecule has 7 nitrogen and oxygen atoms in total. The van der Waals surface area contributed by atoms with Crippen molar-refractivity contribution in [2.75, 3.05) is 32.6 Å². The van der Waals surface area contributed by atoms with Crippen LogP contribution in [0.25, 0.3) is 0 Å². The topological polar surface area (TPSA) is 71.1 Å². The summed E-state index contributed by atoms with van der Waals surface area (Å²) in [6, 6.07) is -0.420. The number of ether oxygens (including phenoxy) is 1. The standard InChI is InChI=1S/C14H19N3O4S/c1-15-13-9-7-17(21-11(9)8-22-13)10-3-4-12(18)16(14(10)19)5-6-20-2/h8,10,15H,3-7H2,1-2H3. The zero-order chi connectivity index (χ0) is 15.7. The lowest BCUT2D eigenvalue weighted by atomic mass is 10.0. The van der Waals surface area contributed by atoms with Crippen molar-refractivity contribution >= 4 is 28.2 Å². The molecule has 22 heavy (non-hydrogen) atoms. The molecule has 3 heterocycles. The van der Waals surface area contributed by atoms with Crippen molar-refractivity contribution in [2.24, 2.45) is 0 Å². The molecule has 1 unspecified atom stereocenters. The molecule has 1 atom stereocenters. The highest BCUT2D eigenvalue weighted by atomic mass is 32.1. The quantitative estimate of drug-likeness (QED) is 0.817. The van der Waals surface area contributed by atoms with E-state index in [2.05, 4.69) is 5.32 Å². The van der Waals surface area contributed by atoms with Gasteiger partial charge in [0.25, 0.3) is 0 Å². The van der Waals surface area contributed by atoms with Crippen molar-refractivity contribution in [3.05, 3.63) is 10.9 Å². The van der Waals surface area contributed by atoms with Crippen LogP contribution in [0.4, 0.5) is 5.00 Å². The number of anilines is 1. The summed E-state index contributed by atoms with van der Waals surface area (Å²) in [6.07, 6.45) is 0.843. The third-order valence-corrected chi connectivity index (χ3v) is 4.98. The van der Waals surface area contributed by atoms with E-state index in [0.29, 0.717) is 32.5 Å². The van der Waals surface area contributed by atoms with Gasteiger partial charge < -0.3 is 14.9 Å². The first-order chi connectivity index (χ1) is 10.7. The predicted octanol–water partition coefficient (Wildman–Crippen LogP) is 1.06. The molecule has 2 amide bonds. The fourth-order valence-corrected chi connectivity index (χ4v) is 3.63. The molecule has 0 radical (unpaired) electrons. The van der Waals surface area contributed by atoms with Gasteiger partial charge in [-0.15, -0.1) is 16.4 Å². The second kappa shape index (κ2) is 6.23. The molecule has 1 aromatic heterocycles. The van der Waals surface area contributed by atoms with Crippen LogP contribution in [0, 0.1) is 0 Å². The SMILES string of the molecule is CNc1scc2c1CN(C1CCC(=O)N(CCOC)C1=O)O2. The summed E-state index contributed by atoms with van der Waals surface area (Å²) in [6.45, 7) is 1.20. The van der Waals surface area contributed by atoms with Crippen molar-refractivity contribution in [2.45, 2.75) is 25.4 Å².